The molecule has 0 rings (SSSR count). The van der Waals surface area contributed by atoms with Crippen molar-refractivity contribution in [3.8, 4) is 0 Å². The van der Waals surface area contributed by atoms with E-state index in [1.807, 2.05) is 13.1 Å². The number of rotatable bonds is 5. The quantitative estimate of drug-likeness (QED) is 0.661. The van der Waals surface area contributed by atoms with Gasteiger partial charge in [-0.15, -0.1) is 0 Å². The smallest absolute Gasteiger partial charge is 0.214 e. The topological polar surface area (TPSA) is 46.5 Å². The standard InChI is InChI=1S/C8H18O3Si/c1-5-7(9)6-8(10)12(3,4)11-2/h8,10H,5-6H2,1-4H3. The van der Waals surface area contributed by atoms with Gasteiger partial charge in [-0.3, -0.25) is 4.79 Å². The number of Topliss-reactive ketones (excluding diaryl/α,β-unsaturated/α-hetero) is 1. The molecule has 3 nitrogen and oxygen atoms in total. The van der Waals surface area contributed by atoms with Crippen LogP contribution >= 0.6 is 0 Å². The fourth-order valence-corrected chi connectivity index (χ4v) is 1.73. The Labute approximate surface area is 74.9 Å². The van der Waals surface area contributed by atoms with Gasteiger partial charge in [0.25, 0.3) is 0 Å². The summed E-state index contributed by atoms with van der Waals surface area (Å²) in [4.78, 5) is 11.0. The highest BCUT2D eigenvalue weighted by Gasteiger charge is 2.32. The second-order valence-corrected chi connectivity index (χ2v) is 7.70. The highest BCUT2D eigenvalue weighted by molar-refractivity contribution is 6.72. The van der Waals surface area contributed by atoms with E-state index in [0.29, 0.717) is 6.42 Å². The van der Waals surface area contributed by atoms with Crippen LogP contribution in [-0.2, 0) is 9.22 Å². The van der Waals surface area contributed by atoms with E-state index in [2.05, 4.69) is 0 Å². The molecule has 0 aliphatic carbocycles. The molecule has 0 heterocycles. The van der Waals surface area contributed by atoms with Crippen molar-refractivity contribution in [1.29, 1.82) is 0 Å². The highest BCUT2D eigenvalue weighted by atomic mass is 28.4. The molecule has 0 bridgehead atoms. The third-order valence-electron chi connectivity index (χ3n) is 2.14. The zero-order valence-electron chi connectivity index (χ0n) is 8.26. The molecule has 1 N–H and O–H groups in total. The van der Waals surface area contributed by atoms with Crippen LogP contribution in [0, 0.1) is 0 Å². The third-order valence-corrected chi connectivity index (χ3v) is 5.01. The van der Waals surface area contributed by atoms with E-state index in [-0.39, 0.29) is 12.2 Å². The Hall–Kier alpha value is -0.193. The lowest BCUT2D eigenvalue weighted by Gasteiger charge is -2.25. The number of carbonyl (C=O) groups excluding carboxylic acids is 1. The summed E-state index contributed by atoms with van der Waals surface area (Å²) in [6.45, 7) is 5.61. The largest absolute Gasteiger partial charge is 0.418 e. The summed E-state index contributed by atoms with van der Waals surface area (Å²) >= 11 is 0. The molecule has 0 aromatic rings. The van der Waals surface area contributed by atoms with Gasteiger partial charge in [0, 0.05) is 20.0 Å². The van der Waals surface area contributed by atoms with E-state index in [1.54, 1.807) is 14.0 Å². The van der Waals surface area contributed by atoms with Crippen LogP contribution in [0.3, 0.4) is 0 Å². The van der Waals surface area contributed by atoms with Gasteiger partial charge in [0.15, 0.2) is 0 Å². The fourth-order valence-electron chi connectivity index (χ4n) is 0.742. The van der Waals surface area contributed by atoms with Gasteiger partial charge < -0.3 is 9.53 Å². The van der Waals surface area contributed by atoms with Crippen molar-refractivity contribution in [3.63, 3.8) is 0 Å². The van der Waals surface area contributed by atoms with Crippen LogP contribution in [0.5, 0.6) is 0 Å². The first-order valence-electron chi connectivity index (χ1n) is 4.19. The summed E-state index contributed by atoms with van der Waals surface area (Å²) in [6.07, 6.45) is 0.731. The molecule has 0 aliphatic rings. The van der Waals surface area contributed by atoms with Gasteiger partial charge in [-0.05, 0) is 13.1 Å². The number of hydrogen-bond donors (Lipinski definition) is 1. The molecule has 1 atom stereocenters. The van der Waals surface area contributed by atoms with E-state index in [0.717, 1.165) is 0 Å². The van der Waals surface area contributed by atoms with Crippen molar-refractivity contribution in [3.05, 3.63) is 0 Å². The van der Waals surface area contributed by atoms with Crippen LogP contribution < -0.4 is 0 Å². The first-order valence-corrected chi connectivity index (χ1v) is 7.17. The number of hydrogen-bond acceptors (Lipinski definition) is 3. The summed E-state index contributed by atoms with van der Waals surface area (Å²) in [5.74, 6) is 0.0973. The molecule has 72 valence electrons. The van der Waals surface area contributed by atoms with Crippen molar-refractivity contribution < 1.29 is 14.3 Å². The Morgan fingerprint density at radius 1 is 1.58 bits per heavy atom. The summed E-state index contributed by atoms with van der Waals surface area (Å²) in [5, 5.41) is 9.59. The molecular weight excluding hydrogens is 172 g/mol. The average Bonchev–Trinajstić information content (AvgIpc) is 2.04. The molecule has 0 saturated carbocycles. The zero-order valence-corrected chi connectivity index (χ0v) is 9.26. The fraction of sp³-hybridized carbons (Fsp3) is 0.875. The molecule has 0 fully saturated rings. The lowest BCUT2D eigenvalue weighted by atomic mass is 10.2. The van der Waals surface area contributed by atoms with Crippen LogP contribution in [-0.4, -0.2) is 32.0 Å². The number of ketones is 1. The van der Waals surface area contributed by atoms with Gasteiger partial charge >= 0.3 is 0 Å². The summed E-state index contributed by atoms with van der Waals surface area (Å²) in [6, 6.07) is 0. The average molecular weight is 190 g/mol. The van der Waals surface area contributed by atoms with Crippen LogP contribution in [0.1, 0.15) is 19.8 Å². The molecule has 0 saturated heterocycles. The van der Waals surface area contributed by atoms with Gasteiger partial charge in [0.05, 0.1) is 5.73 Å². The Bertz CT molecular complexity index is 156. The van der Waals surface area contributed by atoms with Gasteiger partial charge in [0.2, 0.25) is 8.32 Å². The molecule has 0 radical (unpaired) electrons. The van der Waals surface area contributed by atoms with Crippen molar-refractivity contribution in [2.24, 2.45) is 0 Å². The molecule has 1 unspecified atom stereocenters. The predicted molar refractivity (Wildman–Crippen MR) is 50.4 cm³/mol. The Morgan fingerprint density at radius 3 is 2.42 bits per heavy atom. The zero-order chi connectivity index (χ0) is 9.78. The second kappa shape index (κ2) is 4.74. The molecule has 0 spiro atoms. The van der Waals surface area contributed by atoms with Gasteiger partial charge in [-0.1, -0.05) is 6.92 Å². The minimum atomic E-state index is -2.02. The van der Waals surface area contributed by atoms with Crippen molar-refractivity contribution in [2.75, 3.05) is 7.11 Å². The number of aliphatic hydroxyl groups excluding tert-OH is 1. The van der Waals surface area contributed by atoms with Gasteiger partial charge in [-0.2, -0.15) is 0 Å². The maximum Gasteiger partial charge on any atom is 0.214 e. The van der Waals surface area contributed by atoms with Gasteiger partial charge in [0.1, 0.15) is 5.78 Å². The maximum atomic E-state index is 11.0. The van der Waals surface area contributed by atoms with Crippen LogP contribution in [0.4, 0.5) is 0 Å². The van der Waals surface area contributed by atoms with E-state index >= 15 is 0 Å². The highest BCUT2D eigenvalue weighted by Crippen LogP contribution is 2.12. The Morgan fingerprint density at radius 2 is 2.08 bits per heavy atom. The first-order chi connectivity index (χ1) is 5.44. The Kier molecular flexibility index (Phi) is 4.66. The monoisotopic (exact) mass is 190 g/mol. The Balaban J connectivity index is 4.02. The maximum absolute atomic E-state index is 11.0. The first kappa shape index (κ1) is 11.8. The van der Waals surface area contributed by atoms with E-state index in [1.165, 1.54) is 0 Å². The van der Waals surface area contributed by atoms with Crippen LogP contribution in [0.15, 0.2) is 0 Å². The minimum Gasteiger partial charge on any atom is -0.418 e. The van der Waals surface area contributed by atoms with E-state index in [9.17, 15) is 9.90 Å². The van der Waals surface area contributed by atoms with E-state index < -0.39 is 14.0 Å². The third kappa shape index (κ3) is 3.47. The molecule has 0 aromatic heterocycles. The van der Waals surface area contributed by atoms with Crippen molar-refractivity contribution in [2.45, 2.75) is 38.6 Å². The van der Waals surface area contributed by atoms with Crippen LogP contribution in [0.2, 0.25) is 13.1 Å². The number of carbonyl (C=O) groups is 1. The normalized spacial score (nSPS) is 14.4. The SMILES string of the molecule is CCC(=O)CC(O)[Si](C)(C)OC. The second-order valence-electron chi connectivity index (χ2n) is 3.42. The minimum absolute atomic E-state index is 0.0973. The molecule has 0 aromatic carbocycles. The van der Waals surface area contributed by atoms with Crippen molar-refractivity contribution >= 4 is 14.1 Å². The number of aliphatic hydroxyl groups is 1. The summed E-state index contributed by atoms with van der Waals surface area (Å²) < 4.78 is 5.18. The molecule has 0 amide bonds. The lowest BCUT2D eigenvalue weighted by molar-refractivity contribution is -0.120. The molecule has 0 aliphatic heterocycles. The van der Waals surface area contributed by atoms with Gasteiger partial charge in [-0.25, -0.2) is 0 Å². The van der Waals surface area contributed by atoms with E-state index in [4.69, 9.17) is 4.43 Å². The summed E-state index contributed by atoms with van der Waals surface area (Å²) in [5.41, 5.74) is -0.574. The molecular formula is C8H18O3Si. The van der Waals surface area contributed by atoms with Crippen molar-refractivity contribution in [1.82, 2.24) is 0 Å². The predicted octanol–water partition coefficient (Wildman–Crippen LogP) is 1.11. The lowest BCUT2D eigenvalue weighted by Crippen LogP contribution is -2.44. The van der Waals surface area contributed by atoms with Crippen LogP contribution in [0.25, 0.3) is 0 Å². The molecule has 12 heavy (non-hydrogen) atoms. The molecule has 4 heteroatoms. The summed E-state index contributed by atoms with van der Waals surface area (Å²) in [7, 11) is -0.436.